The van der Waals surface area contributed by atoms with Gasteiger partial charge in [0.05, 0.1) is 23.9 Å². The second-order valence-corrected chi connectivity index (χ2v) is 6.04. The average molecular weight is 335 g/mol. The number of aromatic carboxylic acids is 1. The molecular weight excluding hydrogens is 314 g/mol. The first-order chi connectivity index (χ1) is 12.1. The number of rotatable bonds is 6. The van der Waals surface area contributed by atoms with E-state index in [1.165, 1.54) is 0 Å². The minimum Gasteiger partial charge on any atom is -0.497 e. The molecule has 1 N–H and O–H groups in total. The average Bonchev–Trinajstić information content (AvgIpc) is 2.65. The summed E-state index contributed by atoms with van der Waals surface area (Å²) < 4.78 is 5.17. The van der Waals surface area contributed by atoms with Gasteiger partial charge in [0, 0.05) is 10.9 Å². The van der Waals surface area contributed by atoms with Crippen LogP contribution in [0.5, 0.6) is 5.75 Å². The van der Waals surface area contributed by atoms with E-state index in [9.17, 15) is 9.90 Å². The smallest absolute Gasteiger partial charge is 0.336 e. The topological polar surface area (TPSA) is 59.4 Å². The van der Waals surface area contributed by atoms with Crippen LogP contribution < -0.4 is 4.74 Å². The third kappa shape index (κ3) is 3.63. The van der Waals surface area contributed by atoms with Crippen LogP contribution in [0, 0.1) is 0 Å². The van der Waals surface area contributed by atoms with Gasteiger partial charge in [0.25, 0.3) is 0 Å². The van der Waals surface area contributed by atoms with Crippen molar-refractivity contribution in [3.05, 3.63) is 59.7 Å². The molecule has 0 aliphatic heterocycles. The summed E-state index contributed by atoms with van der Waals surface area (Å²) in [6, 6.07) is 15.0. The molecule has 128 valence electrons. The normalized spacial score (nSPS) is 10.8. The SMILES string of the molecule is CCCCc1ccc2nc(-c3ccc(OC)cc3)cc(C(=O)O)c2c1. The zero-order valence-corrected chi connectivity index (χ0v) is 14.5. The second kappa shape index (κ2) is 7.34. The van der Waals surface area contributed by atoms with Crippen LogP contribution >= 0.6 is 0 Å². The Labute approximate surface area is 147 Å². The van der Waals surface area contributed by atoms with E-state index in [0.29, 0.717) is 16.6 Å². The zero-order chi connectivity index (χ0) is 17.8. The van der Waals surface area contributed by atoms with Gasteiger partial charge in [-0.05, 0) is 60.9 Å². The number of carbonyl (C=O) groups is 1. The molecule has 1 heterocycles. The summed E-state index contributed by atoms with van der Waals surface area (Å²) in [5.41, 5.74) is 3.64. The Morgan fingerprint density at radius 2 is 1.88 bits per heavy atom. The number of aromatic nitrogens is 1. The molecular formula is C21H21NO3. The Balaban J connectivity index is 2.10. The molecule has 0 fully saturated rings. The van der Waals surface area contributed by atoms with Gasteiger partial charge in [-0.15, -0.1) is 0 Å². The van der Waals surface area contributed by atoms with Crippen LogP contribution in [0.4, 0.5) is 0 Å². The van der Waals surface area contributed by atoms with Gasteiger partial charge in [-0.2, -0.15) is 0 Å². The Morgan fingerprint density at radius 3 is 2.52 bits per heavy atom. The summed E-state index contributed by atoms with van der Waals surface area (Å²) in [4.78, 5) is 16.4. The number of hydrogen-bond donors (Lipinski definition) is 1. The highest BCUT2D eigenvalue weighted by Crippen LogP contribution is 2.27. The highest BCUT2D eigenvalue weighted by Gasteiger charge is 2.13. The van der Waals surface area contributed by atoms with Crippen LogP contribution in [-0.4, -0.2) is 23.2 Å². The number of nitrogens with zero attached hydrogens (tertiary/aromatic N) is 1. The lowest BCUT2D eigenvalue weighted by Crippen LogP contribution is -2.01. The van der Waals surface area contributed by atoms with Crippen molar-refractivity contribution in [1.82, 2.24) is 4.98 Å². The molecule has 0 spiro atoms. The van der Waals surface area contributed by atoms with Crippen LogP contribution in [-0.2, 0) is 6.42 Å². The first kappa shape index (κ1) is 17.0. The van der Waals surface area contributed by atoms with Gasteiger partial charge < -0.3 is 9.84 Å². The van der Waals surface area contributed by atoms with Crippen LogP contribution in [0.15, 0.2) is 48.5 Å². The Hall–Kier alpha value is -2.88. The van der Waals surface area contributed by atoms with Gasteiger partial charge in [0.1, 0.15) is 5.75 Å². The molecule has 4 heteroatoms. The molecule has 25 heavy (non-hydrogen) atoms. The van der Waals surface area contributed by atoms with Gasteiger partial charge in [0.2, 0.25) is 0 Å². The lowest BCUT2D eigenvalue weighted by atomic mass is 10.0. The molecule has 0 radical (unpaired) electrons. The number of carboxylic acids is 1. The number of ether oxygens (including phenoxy) is 1. The van der Waals surface area contributed by atoms with E-state index in [4.69, 9.17) is 4.74 Å². The van der Waals surface area contributed by atoms with Gasteiger partial charge in [-0.1, -0.05) is 19.4 Å². The van der Waals surface area contributed by atoms with Gasteiger partial charge in [0.15, 0.2) is 0 Å². The van der Waals surface area contributed by atoms with Gasteiger partial charge in [-0.3, -0.25) is 0 Å². The fraction of sp³-hybridized carbons (Fsp3) is 0.238. The van der Waals surface area contributed by atoms with E-state index in [2.05, 4.69) is 11.9 Å². The van der Waals surface area contributed by atoms with Crippen molar-refractivity contribution in [3.8, 4) is 17.0 Å². The van der Waals surface area contributed by atoms with Crippen molar-refractivity contribution in [3.63, 3.8) is 0 Å². The number of carboxylic acid groups (broad SMARTS) is 1. The zero-order valence-electron chi connectivity index (χ0n) is 14.5. The predicted molar refractivity (Wildman–Crippen MR) is 99.3 cm³/mol. The fourth-order valence-corrected chi connectivity index (χ4v) is 2.90. The fourth-order valence-electron chi connectivity index (χ4n) is 2.90. The van der Waals surface area contributed by atoms with E-state index < -0.39 is 5.97 Å². The quantitative estimate of drug-likeness (QED) is 0.692. The summed E-state index contributed by atoms with van der Waals surface area (Å²) in [6.45, 7) is 2.15. The molecule has 3 rings (SSSR count). The Morgan fingerprint density at radius 1 is 1.12 bits per heavy atom. The van der Waals surface area contributed by atoms with E-state index in [-0.39, 0.29) is 5.56 Å². The lowest BCUT2D eigenvalue weighted by molar-refractivity contribution is 0.0699. The molecule has 0 aliphatic carbocycles. The molecule has 0 amide bonds. The van der Waals surface area contributed by atoms with Gasteiger partial charge >= 0.3 is 5.97 Å². The third-order valence-electron chi connectivity index (χ3n) is 4.31. The van der Waals surface area contributed by atoms with Crippen molar-refractivity contribution < 1.29 is 14.6 Å². The van der Waals surface area contributed by atoms with Crippen molar-refractivity contribution in [2.24, 2.45) is 0 Å². The van der Waals surface area contributed by atoms with Crippen molar-refractivity contribution in [2.45, 2.75) is 26.2 Å². The van der Waals surface area contributed by atoms with Crippen LogP contribution in [0.25, 0.3) is 22.2 Å². The number of benzene rings is 2. The molecule has 4 nitrogen and oxygen atoms in total. The minimum atomic E-state index is -0.935. The van der Waals surface area contributed by atoms with Crippen LogP contribution in [0.2, 0.25) is 0 Å². The van der Waals surface area contributed by atoms with E-state index in [0.717, 1.165) is 36.1 Å². The molecule has 2 aromatic carbocycles. The van der Waals surface area contributed by atoms with E-state index >= 15 is 0 Å². The molecule has 0 saturated carbocycles. The minimum absolute atomic E-state index is 0.286. The maximum atomic E-state index is 11.8. The number of unbranched alkanes of at least 4 members (excludes halogenated alkanes) is 1. The summed E-state index contributed by atoms with van der Waals surface area (Å²) >= 11 is 0. The summed E-state index contributed by atoms with van der Waals surface area (Å²) in [5.74, 6) is -0.182. The van der Waals surface area contributed by atoms with E-state index in [1.807, 2.05) is 42.5 Å². The molecule has 3 aromatic rings. The Kier molecular flexibility index (Phi) is 4.98. The number of fused-ring (bicyclic) bond motifs is 1. The maximum Gasteiger partial charge on any atom is 0.336 e. The number of aryl methyl sites for hydroxylation is 1. The van der Waals surface area contributed by atoms with Crippen molar-refractivity contribution in [1.29, 1.82) is 0 Å². The van der Waals surface area contributed by atoms with E-state index in [1.54, 1.807) is 13.2 Å². The molecule has 0 atom stereocenters. The lowest BCUT2D eigenvalue weighted by Gasteiger charge is -2.09. The predicted octanol–water partition coefficient (Wildman–Crippen LogP) is 4.95. The standard InChI is InChI=1S/C21H21NO3/c1-3-4-5-14-6-11-19-17(12-14)18(21(23)24)13-20(22-19)15-7-9-16(25-2)10-8-15/h6-13H,3-5H2,1-2H3,(H,23,24). The summed E-state index contributed by atoms with van der Waals surface area (Å²) in [7, 11) is 1.61. The van der Waals surface area contributed by atoms with Gasteiger partial charge in [-0.25, -0.2) is 9.78 Å². The largest absolute Gasteiger partial charge is 0.497 e. The number of pyridine rings is 1. The second-order valence-electron chi connectivity index (χ2n) is 6.04. The Bertz CT molecular complexity index is 901. The molecule has 0 aliphatic rings. The number of methoxy groups -OCH3 is 1. The van der Waals surface area contributed by atoms with Crippen LogP contribution in [0.1, 0.15) is 35.7 Å². The molecule has 1 aromatic heterocycles. The van der Waals surface area contributed by atoms with Crippen molar-refractivity contribution >= 4 is 16.9 Å². The summed E-state index contributed by atoms with van der Waals surface area (Å²) in [5, 5.41) is 10.3. The maximum absolute atomic E-state index is 11.8. The first-order valence-electron chi connectivity index (χ1n) is 8.43. The highest BCUT2D eigenvalue weighted by molar-refractivity contribution is 6.04. The first-order valence-corrected chi connectivity index (χ1v) is 8.43. The summed E-state index contributed by atoms with van der Waals surface area (Å²) in [6.07, 6.45) is 3.15. The molecule has 0 unspecified atom stereocenters. The molecule has 0 bridgehead atoms. The highest BCUT2D eigenvalue weighted by atomic mass is 16.5. The van der Waals surface area contributed by atoms with Crippen LogP contribution in [0.3, 0.4) is 0 Å². The van der Waals surface area contributed by atoms with Crippen molar-refractivity contribution in [2.75, 3.05) is 7.11 Å². The third-order valence-corrected chi connectivity index (χ3v) is 4.31. The molecule has 0 saturated heterocycles. The monoisotopic (exact) mass is 335 g/mol. The number of hydrogen-bond acceptors (Lipinski definition) is 3.